The molecular formula is C56H106N2O6P+. The van der Waals surface area contributed by atoms with Gasteiger partial charge in [-0.15, -0.1) is 0 Å². The van der Waals surface area contributed by atoms with Crippen molar-refractivity contribution in [2.45, 2.75) is 251 Å². The molecule has 0 aromatic rings. The smallest absolute Gasteiger partial charge is 0.387 e. The van der Waals surface area contributed by atoms with E-state index < -0.39 is 20.0 Å². The number of hydrogen-bond donors (Lipinski definition) is 3. The van der Waals surface area contributed by atoms with Gasteiger partial charge in [-0.25, -0.2) is 4.57 Å². The number of aliphatic hydroxyl groups is 1. The number of likely N-dealkylation sites (N-methyl/N-ethyl adjacent to an activating group) is 1. The molecule has 8 nitrogen and oxygen atoms in total. The number of allylic oxidation sites excluding steroid dienone is 9. The summed E-state index contributed by atoms with van der Waals surface area (Å²) in [5.74, 6) is -0.181. The molecular weight excluding hydrogens is 828 g/mol. The van der Waals surface area contributed by atoms with E-state index in [1.165, 1.54) is 148 Å². The highest BCUT2D eigenvalue weighted by molar-refractivity contribution is 7.47. The number of rotatable bonds is 49. The lowest BCUT2D eigenvalue weighted by Gasteiger charge is -2.25. The van der Waals surface area contributed by atoms with Crippen molar-refractivity contribution < 1.29 is 32.9 Å². The average Bonchev–Trinajstić information content (AvgIpc) is 3.26. The highest BCUT2D eigenvalue weighted by atomic mass is 31.2. The van der Waals surface area contributed by atoms with Crippen LogP contribution in [0.3, 0.4) is 0 Å². The van der Waals surface area contributed by atoms with Crippen LogP contribution in [-0.2, 0) is 18.4 Å². The Kier molecular flexibility index (Phi) is 46.0. The molecule has 0 spiro atoms. The van der Waals surface area contributed by atoms with Crippen molar-refractivity contribution in [2.24, 2.45) is 0 Å². The van der Waals surface area contributed by atoms with Gasteiger partial charge in [0.1, 0.15) is 13.2 Å². The van der Waals surface area contributed by atoms with E-state index in [1.54, 1.807) is 6.08 Å². The lowest BCUT2D eigenvalue weighted by atomic mass is 10.0. The van der Waals surface area contributed by atoms with Crippen LogP contribution in [0.5, 0.6) is 0 Å². The molecule has 3 atom stereocenters. The first-order chi connectivity index (χ1) is 31.5. The Bertz CT molecular complexity index is 1240. The van der Waals surface area contributed by atoms with E-state index in [9.17, 15) is 19.4 Å². The van der Waals surface area contributed by atoms with E-state index in [4.69, 9.17) is 9.05 Å². The van der Waals surface area contributed by atoms with E-state index in [-0.39, 0.29) is 19.1 Å². The second-order valence-corrected chi connectivity index (χ2v) is 21.0. The monoisotopic (exact) mass is 934 g/mol. The van der Waals surface area contributed by atoms with Crippen molar-refractivity contribution in [2.75, 3.05) is 40.9 Å². The Morgan fingerprint density at radius 2 is 0.923 bits per heavy atom. The van der Waals surface area contributed by atoms with Crippen molar-refractivity contribution >= 4 is 13.7 Å². The lowest BCUT2D eigenvalue weighted by molar-refractivity contribution is -0.870. The molecule has 0 heterocycles. The SMILES string of the molecule is CC/C=C\C/C=C\C/C=C\C/C=C\CCCCCCCCCCCCCCCCCCCCCCCCCCC(=O)NC(COP(=O)(O)OCC[N+](C)(C)C)C(O)/C=C/CCCCCC. The standard InChI is InChI=1S/C56H105N2O6P/c1-6-8-10-12-14-15-16-17-18-19-20-21-22-23-24-25-26-27-28-29-30-31-32-33-34-35-36-37-38-39-40-41-42-43-44-46-48-50-56(60)57-54(55(59)49-47-45-13-11-9-7-2)53-64-65(61,62)63-52-51-58(3,4)5/h8,10,14-15,17-18,20-21,47,49,54-55,59H,6-7,9,11-13,16,19,22-46,48,50-53H2,1-5H3,(H-,57,60,61,62)/p+1/b10-8-,15-14-,18-17-,21-20-,49-47+. The van der Waals surface area contributed by atoms with Gasteiger partial charge in [0.05, 0.1) is 39.9 Å². The Morgan fingerprint density at radius 3 is 1.35 bits per heavy atom. The molecule has 0 radical (unpaired) electrons. The summed E-state index contributed by atoms with van der Waals surface area (Å²) in [6.07, 6.45) is 63.8. The summed E-state index contributed by atoms with van der Waals surface area (Å²) in [7, 11) is 1.57. The Labute approximate surface area is 402 Å². The summed E-state index contributed by atoms with van der Waals surface area (Å²) in [6, 6.07) is -0.842. The third kappa shape index (κ3) is 49.9. The summed E-state index contributed by atoms with van der Waals surface area (Å²) in [5, 5.41) is 13.7. The minimum atomic E-state index is -4.33. The number of nitrogens with zero attached hydrogens (tertiary/aromatic N) is 1. The number of amides is 1. The second-order valence-electron chi connectivity index (χ2n) is 19.6. The number of nitrogens with one attached hydrogen (secondary N) is 1. The zero-order valence-corrected chi connectivity index (χ0v) is 44.1. The van der Waals surface area contributed by atoms with Crippen LogP contribution in [0.4, 0.5) is 0 Å². The predicted molar refractivity (Wildman–Crippen MR) is 281 cm³/mol. The summed E-state index contributed by atoms with van der Waals surface area (Å²) in [5.41, 5.74) is 0. The molecule has 65 heavy (non-hydrogen) atoms. The van der Waals surface area contributed by atoms with Crippen LogP contribution in [0.2, 0.25) is 0 Å². The quantitative estimate of drug-likeness (QED) is 0.0243. The van der Waals surface area contributed by atoms with Crippen LogP contribution in [0.25, 0.3) is 0 Å². The normalized spacial score (nSPS) is 14.5. The molecule has 3 unspecified atom stereocenters. The molecule has 0 aromatic heterocycles. The van der Waals surface area contributed by atoms with Gasteiger partial charge in [0.15, 0.2) is 0 Å². The fraction of sp³-hybridized carbons (Fsp3) is 0.804. The highest BCUT2D eigenvalue weighted by Crippen LogP contribution is 2.43. The number of phosphoric ester groups is 1. The third-order valence-corrected chi connectivity index (χ3v) is 13.0. The molecule has 1 amide bonds. The molecule has 0 aliphatic rings. The first kappa shape index (κ1) is 63.2. The molecule has 0 aliphatic heterocycles. The molecule has 0 bridgehead atoms. The van der Waals surface area contributed by atoms with E-state index in [0.29, 0.717) is 17.4 Å². The first-order valence-corrected chi connectivity index (χ1v) is 28.7. The molecule has 3 N–H and O–H groups in total. The summed E-state index contributed by atoms with van der Waals surface area (Å²) < 4.78 is 23.4. The van der Waals surface area contributed by atoms with Gasteiger partial charge in [0.2, 0.25) is 5.91 Å². The summed E-state index contributed by atoms with van der Waals surface area (Å²) in [4.78, 5) is 23.0. The van der Waals surface area contributed by atoms with E-state index in [0.717, 1.165) is 70.6 Å². The Hall–Kier alpha value is -1.80. The fourth-order valence-electron chi connectivity index (χ4n) is 7.74. The van der Waals surface area contributed by atoms with Crippen molar-refractivity contribution in [1.82, 2.24) is 5.32 Å². The molecule has 0 aromatic carbocycles. The van der Waals surface area contributed by atoms with Gasteiger partial charge in [-0.1, -0.05) is 235 Å². The summed E-state index contributed by atoms with van der Waals surface area (Å²) in [6.45, 7) is 4.62. The number of quaternary nitrogens is 1. The Balaban J connectivity index is 3.76. The average molecular weight is 934 g/mol. The number of carbonyl (C=O) groups is 1. The van der Waals surface area contributed by atoms with E-state index >= 15 is 0 Å². The van der Waals surface area contributed by atoms with Crippen LogP contribution in [0.1, 0.15) is 239 Å². The zero-order valence-electron chi connectivity index (χ0n) is 43.2. The van der Waals surface area contributed by atoms with Crippen molar-refractivity contribution in [3.63, 3.8) is 0 Å². The maximum absolute atomic E-state index is 12.8. The zero-order chi connectivity index (χ0) is 47.8. The highest BCUT2D eigenvalue weighted by Gasteiger charge is 2.27. The molecule has 0 aliphatic carbocycles. The van der Waals surface area contributed by atoms with Gasteiger partial charge < -0.3 is 19.8 Å². The van der Waals surface area contributed by atoms with E-state index in [2.05, 4.69) is 67.8 Å². The van der Waals surface area contributed by atoms with Crippen LogP contribution in [0.15, 0.2) is 60.8 Å². The van der Waals surface area contributed by atoms with Gasteiger partial charge in [-0.2, -0.15) is 0 Å². The predicted octanol–water partition coefficient (Wildman–Crippen LogP) is 16.1. The topological polar surface area (TPSA) is 105 Å². The number of phosphoric acid groups is 1. The van der Waals surface area contributed by atoms with Crippen LogP contribution < -0.4 is 5.32 Å². The number of aliphatic hydroxyl groups excluding tert-OH is 1. The first-order valence-electron chi connectivity index (χ1n) is 27.2. The van der Waals surface area contributed by atoms with Crippen LogP contribution in [-0.4, -0.2) is 73.4 Å². The number of carbonyl (C=O) groups excluding carboxylic acids is 1. The fourth-order valence-corrected chi connectivity index (χ4v) is 8.48. The maximum Gasteiger partial charge on any atom is 0.472 e. The summed E-state index contributed by atoms with van der Waals surface area (Å²) >= 11 is 0. The lowest BCUT2D eigenvalue weighted by Crippen LogP contribution is -2.45. The number of hydrogen-bond acceptors (Lipinski definition) is 5. The van der Waals surface area contributed by atoms with Gasteiger partial charge in [-0.3, -0.25) is 13.8 Å². The van der Waals surface area contributed by atoms with Gasteiger partial charge in [0, 0.05) is 6.42 Å². The minimum absolute atomic E-state index is 0.0612. The second kappa shape index (κ2) is 47.3. The van der Waals surface area contributed by atoms with Crippen LogP contribution >= 0.6 is 7.82 Å². The molecule has 0 saturated heterocycles. The van der Waals surface area contributed by atoms with Gasteiger partial charge in [0.25, 0.3) is 0 Å². The van der Waals surface area contributed by atoms with E-state index in [1.807, 2.05) is 27.2 Å². The van der Waals surface area contributed by atoms with Gasteiger partial charge in [-0.05, 0) is 57.8 Å². The molecule has 0 saturated carbocycles. The van der Waals surface area contributed by atoms with Gasteiger partial charge >= 0.3 is 7.82 Å². The van der Waals surface area contributed by atoms with Crippen LogP contribution in [0, 0.1) is 0 Å². The molecule has 380 valence electrons. The third-order valence-electron chi connectivity index (χ3n) is 12.0. The van der Waals surface area contributed by atoms with Crippen molar-refractivity contribution in [1.29, 1.82) is 0 Å². The molecule has 0 rings (SSSR count). The number of unbranched alkanes of at least 4 members (excludes halogenated alkanes) is 28. The maximum atomic E-state index is 12.8. The molecule has 0 fully saturated rings. The largest absolute Gasteiger partial charge is 0.472 e. The molecule has 9 heteroatoms. The van der Waals surface area contributed by atoms with Crippen molar-refractivity contribution in [3.05, 3.63) is 60.8 Å². The van der Waals surface area contributed by atoms with Crippen molar-refractivity contribution in [3.8, 4) is 0 Å². The minimum Gasteiger partial charge on any atom is -0.387 e. The Morgan fingerprint density at radius 1 is 0.538 bits per heavy atom.